The predicted molar refractivity (Wildman–Crippen MR) is 102 cm³/mol. The van der Waals surface area contributed by atoms with Crippen molar-refractivity contribution in [3.8, 4) is 5.75 Å². The van der Waals surface area contributed by atoms with Crippen LogP contribution < -0.4 is 10.1 Å². The molecular weight excluding hydrogens is 352 g/mol. The Morgan fingerprint density at radius 3 is 2.69 bits per heavy atom. The van der Waals surface area contributed by atoms with Gasteiger partial charge in [0, 0.05) is 6.08 Å². The minimum absolute atomic E-state index is 0.216. The zero-order valence-electron chi connectivity index (χ0n) is 14.2. The molecule has 7 heteroatoms. The van der Waals surface area contributed by atoms with Gasteiger partial charge in [-0.1, -0.05) is 12.1 Å². The van der Waals surface area contributed by atoms with Gasteiger partial charge in [0.05, 0.1) is 35.7 Å². The summed E-state index contributed by atoms with van der Waals surface area (Å²) in [6, 6.07) is 12.5. The van der Waals surface area contributed by atoms with Crippen molar-refractivity contribution in [2.24, 2.45) is 0 Å². The summed E-state index contributed by atoms with van der Waals surface area (Å²) in [5, 5.41) is 3.40. The Balaban J connectivity index is 1.78. The van der Waals surface area contributed by atoms with Gasteiger partial charge in [0.2, 0.25) is 5.91 Å². The van der Waals surface area contributed by atoms with Crippen LogP contribution in [0, 0.1) is 0 Å². The van der Waals surface area contributed by atoms with E-state index in [-0.39, 0.29) is 11.5 Å². The Morgan fingerprint density at radius 1 is 1.15 bits per heavy atom. The minimum atomic E-state index is -0.561. The number of benzene rings is 2. The molecule has 3 aromatic rings. The van der Waals surface area contributed by atoms with Crippen LogP contribution in [-0.4, -0.2) is 31.1 Å². The van der Waals surface area contributed by atoms with Gasteiger partial charge < -0.3 is 14.8 Å². The summed E-state index contributed by atoms with van der Waals surface area (Å²) in [4.78, 5) is 28.6. The second-order valence-corrected chi connectivity index (χ2v) is 6.31. The molecular formula is C19H16N2O4S. The number of carbonyl (C=O) groups excluding carboxylic acids is 2. The van der Waals surface area contributed by atoms with Crippen LogP contribution in [0.15, 0.2) is 48.5 Å². The second kappa shape index (κ2) is 7.79. The number of nitrogens with one attached hydrogen (secondary N) is 1. The molecule has 1 aromatic heterocycles. The zero-order chi connectivity index (χ0) is 18.5. The van der Waals surface area contributed by atoms with Crippen molar-refractivity contribution in [2.75, 3.05) is 19.5 Å². The molecule has 0 unspecified atom stereocenters. The van der Waals surface area contributed by atoms with Crippen molar-refractivity contribution in [3.05, 3.63) is 59.1 Å². The first kappa shape index (κ1) is 17.6. The van der Waals surface area contributed by atoms with E-state index in [9.17, 15) is 9.59 Å². The van der Waals surface area contributed by atoms with Crippen molar-refractivity contribution in [2.45, 2.75) is 0 Å². The molecule has 1 amide bonds. The van der Waals surface area contributed by atoms with Crippen molar-refractivity contribution >= 4 is 45.2 Å². The summed E-state index contributed by atoms with van der Waals surface area (Å²) in [6.07, 6.45) is 3.02. The molecule has 0 saturated heterocycles. The van der Waals surface area contributed by atoms with Gasteiger partial charge in [0.1, 0.15) is 10.8 Å². The molecule has 0 radical (unpaired) electrons. The Bertz CT molecular complexity index is 961. The van der Waals surface area contributed by atoms with Crippen LogP contribution in [-0.2, 0) is 9.53 Å². The number of fused-ring (bicyclic) bond motifs is 1. The molecule has 0 atom stereocenters. The van der Waals surface area contributed by atoms with Gasteiger partial charge in [-0.3, -0.25) is 4.79 Å². The summed E-state index contributed by atoms with van der Waals surface area (Å²) in [5.74, 6) is -0.442. The van der Waals surface area contributed by atoms with Gasteiger partial charge in [-0.2, -0.15) is 0 Å². The van der Waals surface area contributed by atoms with Crippen LogP contribution in [0.3, 0.4) is 0 Å². The Kier molecular flexibility index (Phi) is 5.28. The molecule has 0 aliphatic carbocycles. The number of thiazole rings is 1. The molecule has 1 heterocycles. The van der Waals surface area contributed by atoms with E-state index in [0.29, 0.717) is 11.4 Å². The number of esters is 1. The SMILES string of the molecule is COC(=O)c1cc(OC)ccc1NC(=O)C=Cc1nc2ccccc2s1. The van der Waals surface area contributed by atoms with Crippen LogP contribution in [0.5, 0.6) is 5.75 Å². The summed E-state index contributed by atoms with van der Waals surface area (Å²) in [6.45, 7) is 0. The number of nitrogens with zero attached hydrogens (tertiary/aromatic N) is 1. The number of hydrogen-bond donors (Lipinski definition) is 1. The molecule has 0 spiro atoms. The number of methoxy groups -OCH3 is 2. The molecule has 0 aliphatic rings. The number of aromatic nitrogens is 1. The largest absolute Gasteiger partial charge is 0.497 e. The summed E-state index contributed by atoms with van der Waals surface area (Å²) in [7, 11) is 2.77. The third kappa shape index (κ3) is 3.89. The number of amides is 1. The Labute approximate surface area is 154 Å². The maximum Gasteiger partial charge on any atom is 0.340 e. The van der Waals surface area contributed by atoms with Gasteiger partial charge in [0.15, 0.2) is 0 Å². The highest BCUT2D eigenvalue weighted by Gasteiger charge is 2.14. The lowest BCUT2D eigenvalue weighted by Crippen LogP contribution is -2.13. The molecule has 26 heavy (non-hydrogen) atoms. The highest BCUT2D eigenvalue weighted by molar-refractivity contribution is 7.19. The van der Waals surface area contributed by atoms with Crippen LogP contribution in [0.25, 0.3) is 16.3 Å². The number of ether oxygens (including phenoxy) is 2. The maximum absolute atomic E-state index is 12.2. The quantitative estimate of drug-likeness (QED) is 0.548. The lowest BCUT2D eigenvalue weighted by atomic mass is 10.1. The third-order valence-electron chi connectivity index (χ3n) is 3.58. The second-order valence-electron chi connectivity index (χ2n) is 5.25. The van der Waals surface area contributed by atoms with E-state index in [1.807, 2.05) is 24.3 Å². The first-order chi connectivity index (χ1) is 12.6. The number of carbonyl (C=O) groups is 2. The van der Waals surface area contributed by atoms with Crippen LogP contribution >= 0.6 is 11.3 Å². The summed E-state index contributed by atoms with van der Waals surface area (Å²) < 4.78 is 10.9. The molecule has 0 aliphatic heterocycles. The molecule has 0 bridgehead atoms. The van der Waals surface area contributed by atoms with Crippen molar-refractivity contribution < 1.29 is 19.1 Å². The highest BCUT2D eigenvalue weighted by Crippen LogP contribution is 2.24. The molecule has 132 valence electrons. The maximum atomic E-state index is 12.2. The van der Waals surface area contributed by atoms with E-state index in [0.717, 1.165) is 15.2 Å². The monoisotopic (exact) mass is 368 g/mol. The predicted octanol–water partition coefficient (Wildman–Crippen LogP) is 3.74. The van der Waals surface area contributed by atoms with Crippen molar-refractivity contribution in [1.82, 2.24) is 4.98 Å². The number of hydrogen-bond acceptors (Lipinski definition) is 6. The fourth-order valence-electron chi connectivity index (χ4n) is 2.32. The van der Waals surface area contributed by atoms with Crippen molar-refractivity contribution in [1.29, 1.82) is 0 Å². The fourth-order valence-corrected chi connectivity index (χ4v) is 3.19. The molecule has 1 N–H and O–H groups in total. The van der Waals surface area contributed by atoms with Crippen molar-refractivity contribution in [3.63, 3.8) is 0 Å². The number of rotatable bonds is 5. The first-order valence-corrected chi connectivity index (χ1v) is 8.53. The van der Waals surface area contributed by atoms with E-state index in [2.05, 4.69) is 10.3 Å². The lowest BCUT2D eigenvalue weighted by molar-refractivity contribution is -0.111. The summed E-state index contributed by atoms with van der Waals surface area (Å²) >= 11 is 1.49. The highest BCUT2D eigenvalue weighted by atomic mass is 32.1. The lowest BCUT2D eigenvalue weighted by Gasteiger charge is -2.10. The molecule has 0 saturated carbocycles. The van der Waals surface area contributed by atoms with Crippen LogP contribution in [0.4, 0.5) is 5.69 Å². The molecule has 6 nitrogen and oxygen atoms in total. The van der Waals surface area contributed by atoms with Gasteiger partial charge in [-0.15, -0.1) is 11.3 Å². The standard InChI is InChI=1S/C19H16N2O4S/c1-24-12-7-8-14(13(11-12)19(23)25-2)20-17(22)9-10-18-21-15-5-3-4-6-16(15)26-18/h3-11H,1-2H3,(H,20,22). The van der Waals surface area contributed by atoms with E-state index in [1.165, 1.54) is 37.7 Å². The topological polar surface area (TPSA) is 77.5 Å². The van der Waals surface area contributed by atoms with E-state index in [1.54, 1.807) is 18.2 Å². The van der Waals surface area contributed by atoms with Gasteiger partial charge in [-0.25, -0.2) is 9.78 Å². The van der Waals surface area contributed by atoms with Gasteiger partial charge in [-0.05, 0) is 36.4 Å². The first-order valence-electron chi connectivity index (χ1n) is 7.71. The average Bonchev–Trinajstić information content (AvgIpc) is 3.09. The molecule has 2 aromatic carbocycles. The minimum Gasteiger partial charge on any atom is -0.497 e. The van der Waals surface area contributed by atoms with Gasteiger partial charge >= 0.3 is 5.97 Å². The fraction of sp³-hybridized carbons (Fsp3) is 0.105. The van der Waals surface area contributed by atoms with Crippen LogP contribution in [0.1, 0.15) is 15.4 Å². The number of anilines is 1. The molecule has 0 fully saturated rings. The smallest absolute Gasteiger partial charge is 0.340 e. The average molecular weight is 368 g/mol. The normalized spacial score (nSPS) is 10.8. The molecule has 3 rings (SSSR count). The zero-order valence-corrected chi connectivity index (χ0v) is 15.0. The Hall–Kier alpha value is -3.19. The van der Waals surface area contributed by atoms with E-state index >= 15 is 0 Å². The third-order valence-corrected chi connectivity index (χ3v) is 4.58. The van der Waals surface area contributed by atoms with E-state index < -0.39 is 5.97 Å². The Morgan fingerprint density at radius 2 is 1.96 bits per heavy atom. The van der Waals surface area contributed by atoms with Gasteiger partial charge in [0.25, 0.3) is 0 Å². The van der Waals surface area contributed by atoms with E-state index in [4.69, 9.17) is 9.47 Å². The van der Waals surface area contributed by atoms with Crippen LogP contribution in [0.2, 0.25) is 0 Å². The number of para-hydroxylation sites is 1. The summed E-state index contributed by atoms with van der Waals surface area (Å²) in [5.41, 5.74) is 1.45.